The minimum Gasteiger partial charge on any atom is -0.481 e. The van der Waals surface area contributed by atoms with Gasteiger partial charge in [0, 0.05) is 19.0 Å². The van der Waals surface area contributed by atoms with Crippen LogP contribution in [0, 0.1) is 17.3 Å². The predicted octanol–water partition coefficient (Wildman–Crippen LogP) is 2.77. The Morgan fingerprint density at radius 3 is 2.37 bits per heavy atom. The lowest BCUT2D eigenvalue weighted by Gasteiger charge is -2.39. The number of carbonyl (C=O) groups is 2. The molecular weight excluding hydrogens is 242 g/mol. The van der Waals surface area contributed by atoms with Gasteiger partial charge >= 0.3 is 5.97 Å². The molecule has 19 heavy (non-hydrogen) atoms. The number of carbonyl (C=O) groups excluding carboxylic acids is 1. The first-order valence-corrected chi connectivity index (χ1v) is 7.21. The number of likely N-dealkylation sites (tertiary alicyclic amines) is 1. The molecule has 1 aliphatic rings. The molecule has 0 aromatic heterocycles. The zero-order valence-corrected chi connectivity index (χ0v) is 12.8. The van der Waals surface area contributed by atoms with Crippen molar-refractivity contribution in [1.29, 1.82) is 0 Å². The highest BCUT2D eigenvalue weighted by atomic mass is 16.4. The summed E-state index contributed by atoms with van der Waals surface area (Å²) >= 11 is 0. The maximum Gasteiger partial charge on any atom is 0.310 e. The topological polar surface area (TPSA) is 57.6 Å². The summed E-state index contributed by atoms with van der Waals surface area (Å²) in [6.45, 7) is 10.4. The second-order valence-corrected chi connectivity index (χ2v) is 6.62. The Bertz CT molecular complexity index is 353. The van der Waals surface area contributed by atoms with E-state index in [9.17, 15) is 14.7 Å². The van der Waals surface area contributed by atoms with Crippen molar-refractivity contribution in [2.75, 3.05) is 6.54 Å². The lowest BCUT2D eigenvalue weighted by atomic mass is 9.75. The minimum atomic E-state index is -0.972. The number of nitrogens with zero attached hydrogens (tertiary/aromatic N) is 1. The predicted molar refractivity (Wildman–Crippen MR) is 74.8 cm³/mol. The van der Waals surface area contributed by atoms with Crippen molar-refractivity contribution >= 4 is 11.9 Å². The van der Waals surface area contributed by atoms with Gasteiger partial charge in [-0.15, -0.1) is 0 Å². The van der Waals surface area contributed by atoms with E-state index in [2.05, 4.69) is 13.8 Å². The molecule has 0 aromatic carbocycles. The van der Waals surface area contributed by atoms with Crippen molar-refractivity contribution in [2.45, 2.75) is 59.9 Å². The molecule has 3 unspecified atom stereocenters. The zero-order chi connectivity index (χ0) is 14.8. The number of hydrogen-bond donors (Lipinski definition) is 1. The Kier molecular flexibility index (Phi) is 4.99. The van der Waals surface area contributed by atoms with E-state index in [4.69, 9.17) is 0 Å². The van der Waals surface area contributed by atoms with Gasteiger partial charge in [-0.1, -0.05) is 20.8 Å². The fourth-order valence-electron chi connectivity index (χ4n) is 2.72. The number of aliphatic carboxylic acids is 1. The minimum absolute atomic E-state index is 0.0157. The molecule has 3 atom stereocenters. The first-order valence-electron chi connectivity index (χ1n) is 7.21. The molecule has 1 N–H and O–H groups in total. The lowest BCUT2D eigenvalue weighted by molar-refractivity contribution is -0.156. The number of carboxylic acid groups (broad SMARTS) is 1. The molecule has 1 rings (SSSR count). The van der Waals surface area contributed by atoms with Crippen molar-refractivity contribution in [3.05, 3.63) is 0 Å². The molecule has 0 bridgehead atoms. The molecule has 0 aromatic rings. The van der Waals surface area contributed by atoms with Crippen LogP contribution in [0.15, 0.2) is 0 Å². The molecule has 0 spiro atoms. The molecule has 1 amide bonds. The molecule has 4 heteroatoms. The fraction of sp³-hybridized carbons (Fsp3) is 0.867. The van der Waals surface area contributed by atoms with E-state index >= 15 is 0 Å². The standard InChI is InChI=1S/C15H27NO3/c1-10(2)15(5,14(18)19)9-13(17)16-7-6-11(3)8-12(16)4/h10-12H,6-9H2,1-5H3,(H,18,19). The summed E-state index contributed by atoms with van der Waals surface area (Å²) in [6.07, 6.45) is 2.12. The van der Waals surface area contributed by atoms with Crippen molar-refractivity contribution in [1.82, 2.24) is 4.90 Å². The van der Waals surface area contributed by atoms with Gasteiger partial charge in [-0.3, -0.25) is 9.59 Å². The van der Waals surface area contributed by atoms with E-state index in [1.54, 1.807) is 6.92 Å². The van der Waals surface area contributed by atoms with Crippen molar-refractivity contribution in [2.24, 2.45) is 17.3 Å². The van der Waals surface area contributed by atoms with Gasteiger partial charge in [0.05, 0.1) is 5.41 Å². The van der Waals surface area contributed by atoms with E-state index in [1.807, 2.05) is 18.7 Å². The fourth-order valence-corrected chi connectivity index (χ4v) is 2.72. The van der Waals surface area contributed by atoms with Crippen LogP contribution in [0.3, 0.4) is 0 Å². The Morgan fingerprint density at radius 2 is 1.95 bits per heavy atom. The van der Waals surface area contributed by atoms with Crippen LogP contribution in [0.25, 0.3) is 0 Å². The van der Waals surface area contributed by atoms with E-state index in [0.29, 0.717) is 5.92 Å². The van der Waals surface area contributed by atoms with Gasteiger partial charge in [-0.25, -0.2) is 0 Å². The van der Waals surface area contributed by atoms with Crippen LogP contribution >= 0.6 is 0 Å². The summed E-state index contributed by atoms with van der Waals surface area (Å²) < 4.78 is 0. The number of carboxylic acids is 1. The molecular formula is C15H27NO3. The molecule has 0 aliphatic carbocycles. The molecule has 1 saturated heterocycles. The van der Waals surface area contributed by atoms with Crippen molar-refractivity contribution in [3.8, 4) is 0 Å². The quantitative estimate of drug-likeness (QED) is 0.853. The number of amides is 1. The first kappa shape index (κ1) is 16.0. The average molecular weight is 269 g/mol. The summed E-state index contributed by atoms with van der Waals surface area (Å²) in [7, 11) is 0. The molecule has 0 saturated carbocycles. The van der Waals surface area contributed by atoms with Gasteiger partial charge in [-0.2, -0.15) is 0 Å². The summed E-state index contributed by atoms with van der Waals surface area (Å²) in [6, 6.07) is 0.224. The average Bonchev–Trinajstić information content (AvgIpc) is 2.27. The third-order valence-corrected chi connectivity index (χ3v) is 4.74. The third kappa shape index (κ3) is 3.48. The second-order valence-electron chi connectivity index (χ2n) is 6.62. The SMILES string of the molecule is CC1CCN(C(=O)CC(C)(C(=O)O)C(C)C)C(C)C1. The highest BCUT2D eigenvalue weighted by Crippen LogP contribution is 2.33. The normalized spacial score (nSPS) is 27.2. The summed E-state index contributed by atoms with van der Waals surface area (Å²) in [4.78, 5) is 25.7. The summed E-state index contributed by atoms with van der Waals surface area (Å²) in [5.41, 5.74) is -0.972. The highest BCUT2D eigenvalue weighted by molar-refractivity contribution is 5.85. The molecule has 110 valence electrons. The molecule has 0 radical (unpaired) electrons. The van der Waals surface area contributed by atoms with Gasteiger partial charge in [0.25, 0.3) is 0 Å². The van der Waals surface area contributed by atoms with E-state index in [0.717, 1.165) is 19.4 Å². The Morgan fingerprint density at radius 1 is 1.37 bits per heavy atom. The number of rotatable bonds is 4. The Hall–Kier alpha value is -1.06. The molecule has 1 heterocycles. The Labute approximate surface area is 116 Å². The molecule has 1 aliphatic heterocycles. The van der Waals surface area contributed by atoms with Gasteiger partial charge in [0.15, 0.2) is 0 Å². The maximum absolute atomic E-state index is 12.4. The Balaban J connectivity index is 2.76. The largest absolute Gasteiger partial charge is 0.481 e. The van der Waals surface area contributed by atoms with Crippen LogP contribution in [0.4, 0.5) is 0 Å². The third-order valence-electron chi connectivity index (χ3n) is 4.74. The van der Waals surface area contributed by atoms with Crippen molar-refractivity contribution < 1.29 is 14.7 Å². The van der Waals surface area contributed by atoms with Gasteiger partial charge in [0.1, 0.15) is 0 Å². The van der Waals surface area contributed by atoms with Crippen LogP contribution in [0.5, 0.6) is 0 Å². The van der Waals surface area contributed by atoms with Crippen LogP contribution in [-0.2, 0) is 9.59 Å². The molecule has 1 fully saturated rings. The number of piperidine rings is 1. The lowest BCUT2D eigenvalue weighted by Crippen LogP contribution is -2.47. The molecule has 4 nitrogen and oxygen atoms in total. The van der Waals surface area contributed by atoms with Crippen LogP contribution in [0.1, 0.15) is 53.9 Å². The van der Waals surface area contributed by atoms with Crippen molar-refractivity contribution in [3.63, 3.8) is 0 Å². The first-order chi connectivity index (χ1) is 8.68. The maximum atomic E-state index is 12.4. The smallest absolute Gasteiger partial charge is 0.310 e. The van der Waals surface area contributed by atoms with Crippen LogP contribution in [-0.4, -0.2) is 34.5 Å². The summed E-state index contributed by atoms with van der Waals surface area (Å²) in [5, 5.41) is 9.39. The van der Waals surface area contributed by atoms with Gasteiger partial charge in [-0.05, 0) is 38.5 Å². The highest BCUT2D eigenvalue weighted by Gasteiger charge is 2.41. The monoisotopic (exact) mass is 269 g/mol. The van der Waals surface area contributed by atoms with Crippen LogP contribution in [0.2, 0.25) is 0 Å². The van der Waals surface area contributed by atoms with E-state index < -0.39 is 11.4 Å². The number of hydrogen-bond acceptors (Lipinski definition) is 2. The zero-order valence-electron chi connectivity index (χ0n) is 12.8. The van der Waals surface area contributed by atoms with Gasteiger partial charge in [0.2, 0.25) is 5.91 Å². The summed E-state index contributed by atoms with van der Waals surface area (Å²) in [5.74, 6) is -0.310. The second kappa shape index (κ2) is 5.93. The van der Waals surface area contributed by atoms with Crippen LogP contribution < -0.4 is 0 Å². The van der Waals surface area contributed by atoms with Gasteiger partial charge < -0.3 is 10.0 Å². The van der Waals surface area contributed by atoms with E-state index in [-0.39, 0.29) is 24.3 Å². The van der Waals surface area contributed by atoms with E-state index in [1.165, 1.54) is 0 Å².